The van der Waals surface area contributed by atoms with Crippen LogP contribution in [0.25, 0.3) is 0 Å². The molecule has 0 saturated carbocycles. The van der Waals surface area contributed by atoms with Crippen LogP contribution < -0.4 is 10.1 Å². The Morgan fingerprint density at radius 3 is 2.65 bits per heavy atom. The minimum absolute atomic E-state index is 0.298. The van der Waals surface area contributed by atoms with E-state index in [2.05, 4.69) is 5.32 Å². The van der Waals surface area contributed by atoms with Crippen LogP contribution in [0.1, 0.15) is 23.6 Å². The molecule has 2 aromatic rings. The summed E-state index contributed by atoms with van der Waals surface area (Å²) in [5.74, 6) is -0.0141. The van der Waals surface area contributed by atoms with Gasteiger partial charge in [-0.05, 0) is 36.7 Å². The second kappa shape index (κ2) is 7.06. The summed E-state index contributed by atoms with van der Waals surface area (Å²) in [6.07, 6.45) is 0. The third kappa shape index (κ3) is 4.07. The van der Waals surface area contributed by atoms with Gasteiger partial charge in [0.1, 0.15) is 6.61 Å². The van der Waals surface area contributed by atoms with Gasteiger partial charge in [0.05, 0.1) is 0 Å². The van der Waals surface area contributed by atoms with Gasteiger partial charge in [-0.25, -0.2) is 4.39 Å². The van der Waals surface area contributed by atoms with E-state index in [-0.39, 0.29) is 5.82 Å². The van der Waals surface area contributed by atoms with Crippen molar-refractivity contribution in [3.8, 4) is 5.75 Å². The summed E-state index contributed by atoms with van der Waals surface area (Å²) in [5, 5.41) is 3.17. The van der Waals surface area contributed by atoms with Crippen molar-refractivity contribution in [2.24, 2.45) is 0 Å². The van der Waals surface area contributed by atoms with Crippen LogP contribution >= 0.6 is 0 Å². The van der Waals surface area contributed by atoms with Crippen molar-refractivity contribution in [2.75, 3.05) is 6.54 Å². The van der Waals surface area contributed by atoms with Gasteiger partial charge in [-0.15, -0.1) is 0 Å². The summed E-state index contributed by atoms with van der Waals surface area (Å²) in [7, 11) is 0. The molecule has 0 saturated heterocycles. The molecule has 0 atom stereocenters. The zero-order valence-corrected chi connectivity index (χ0v) is 11.9. The molecule has 2 rings (SSSR count). The molecule has 3 heteroatoms. The van der Waals surface area contributed by atoms with Crippen LogP contribution in [0, 0.1) is 12.7 Å². The minimum Gasteiger partial charge on any atom is -0.486 e. The Bertz CT molecular complexity index is 569. The molecule has 0 fully saturated rings. The first-order chi connectivity index (χ1) is 9.69. The maximum absolute atomic E-state index is 13.9. The summed E-state index contributed by atoms with van der Waals surface area (Å²) in [5.41, 5.74) is 3.14. The Hall–Kier alpha value is -1.87. The Morgan fingerprint density at radius 2 is 1.95 bits per heavy atom. The van der Waals surface area contributed by atoms with Crippen LogP contribution in [0.3, 0.4) is 0 Å². The monoisotopic (exact) mass is 273 g/mol. The van der Waals surface area contributed by atoms with E-state index in [1.165, 1.54) is 11.6 Å². The maximum Gasteiger partial charge on any atom is 0.165 e. The number of aryl methyl sites for hydroxylation is 1. The summed E-state index contributed by atoms with van der Waals surface area (Å²) in [6.45, 7) is 5.97. The molecule has 2 nitrogen and oxygen atoms in total. The lowest BCUT2D eigenvalue weighted by molar-refractivity contribution is 0.290. The predicted octanol–water partition coefficient (Wildman–Crippen LogP) is 3.82. The first kappa shape index (κ1) is 14.5. The SMILES string of the molecule is CCNCc1ccc(OCc2cccc(C)c2)c(F)c1. The average Bonchev–Trinajstić information content (AvgIpc) is 2.44. The van der Waals surface area contributed by atoms with Gasteiger partial charge in [0.2, 0.25) is 0 Å². The first-order valence-electron chi connectivity index (χ1n) is 6.86. The number of benzene rings is 2. The summed E-state index contributed by atoms with van der Waals surface area (Å²) in [6, 6.07) is 13.1. The fourth-order valence-electron chi connectivity index (χ4n) is 2.00. The summed E-state index contributed by atoms with van der Waals surface area (Å²) in [4.78, 5) is 0. The number of ether oxygens (including phenoxy) is 1. The standard InChI is InChI=1S/C17H20FNO/c1-3-19-11-14-7-8-17(16(18)10-14)20-12-15-6-4-5-13(2)9-15/h4-10,19H,3,11-12H2,1-2H3. The molecule has 0 aliphatic carbocycles. The Labute approximate surface area is 119 Å². The topological polar surface area (TPSA) is 21.3 Å². The van der Waals surface area contributed by atoms with E-state index in [1.807, 2.05) is 44.2 Å². The van der Waals surface area contributed by atoms with E-state index >= 15 is 0 Å². The van der Waals surface area contributed by atoms with Crippen molar-refractivity contribution < 1.29 is 9.13 Å². The molecule has 20 heavy (non-hydrogen) atoms. The van der Waals surface area contributed by atoms with Crippen molar-refractivity contribution >= 4 is 0 Å². The van der Waals surface area contributed by atoms with Gasteiger partial charge in [-0.3, -0.25) is 0 Å². The second-order valence-corrected chi connectivity index (χ2v) is 4.82. The lowest BCUT2D eigenvalue weighted by Crippen LogP contribution is -2.11. The van der Waals surface area contributed by atoms with Gasteiger partial charge in [0.15, 0.2) is 11.6 Å². The largest absolute Gasteiger partial charge is 0.486 e. The number of rotatable bonds is 6. The molecule has 0 aliphatic heterocycles. The van der Waals surface area contributed by atoms with E-state index in [4.69, 9.17) is 4.74 Å². The van der Waals surface area contributed by atoms with Crippen LogP contribution in [-0.4, -0.2) is 6.54 Å². The highest BCUT2D eigenvalue weighted by Crippen LogP contribution is 2.20. The average molecular weight is 273 g/mol. The van der Waals surface area contributed by atoms with Gasteiger partial charge >= 0.3 is 0 Å². The molecule has 0 aromatic heterocycles. The van der Waals surface area contributed by atoms with E-state index < -0.39 is 0 Å². The molecule has 2 aromatic carbocycles. The quantitative estimate of drug-likeness (QED) is 0.864. The van der Waals surface area contributed by atoms with E-state index in [0.717, 1.165) is 17.7 Å². The zero-order valence-electron chi connectivity index (χ0n) is 11.9. The van der Waals surface area contributed by atoms with Crippen LogP contribution in [0.5, 0.6) is 5.75 Å². The molecule has 0 aliphatic rings. The van der Waals surface area contributed by atoms with Crippen molar-refractivity contribution in [2.45, 2.75) is 27.0 Å². The van der Waals surface area contributed by atoms with Crippen molar-refractivity contribution in [1.29, 1.82) is 0 Å². The van der Waals surface area contributed by atoms with Crippen molar-refractivity contribution in [1.82, 2.24) is 5.32 Å². The molecule has 0 heterocycles. The van der Waals surface area contributed by atoms with Crippen molar-refractivity contribution in [3.63, 3.8) is 0 Å². The lowest BCUT2D eigenvalue weighted by atomic mass is 10.1. The third-order valence-electron chi connectivity index (χ3n) is 3.05. The van der Waals surface area contributed by atoms with E-state index in [9.17, 15) is 4.39 Å². The van der Waals surface area contributed by atoms with Crippen LogP contribution in [-0.2, 0) is 13.2 Å². The van der Waals surface area contributed by atoms with E-state index in [0.29, 0.717) is 18.9 Å². The molecule has 1 N–H and O–H groups in total. The highest BCUT2D eigenvalue weighted by Gasteiger charge is 2.05. The summed E-state index contributed by atoms with van der Waals surface area (Å²) < 4.78 is 19.4. The highest BCUT2D eigenvalue weighted by molar-refractivity contribution is 5.30. The molecular formula is C17H20FNO. The molecule has 0 radical (unpaired) electrons. The van der Waals surface area contributed by atoms with Gasteiger partial charge < -0.3 is 10.1 Å². The van der Waals surface area contributed by atoms with E-state index in [1.54, 1.807) is 6.07 Å². The molecule has 0 bridgehead atoms. The molecule has 0 amide bonds. The Morgan fingerprint density at radius 1 is 1.10 bits per heavy atom. The number of hydrogen-bond acceptors (Lipinski definition) is 2. The zero-order chi connectivity index (χ0) is 14.4. The second-order valence-electron chi connectivity index (χ2n) is 4.82. The van der Waals surface area contributed by atoms with Crippen molar-refractivity contribution in [3.05, 3.63) is 65.0 Å². The fraction of sp³-hybridized carbons (Fsp3) is 0.294. The third-order valence-corrected chi connectivity index (χ3v) is 3.05. The number of nitrogens with one attached hydrogen (secondary N) is 1. The van der Waals surface area contributed by atoms with Gasteiger partial charge in [0.25, 0.3) is 0 Å². The van der Waals surface area contributed by atoms with Crippen LogP contribution in [0.15, 0.2) is 42.5 Å². The number of hydrogen-bond donors (Lipinski definition) is 1. The lowest BCUT2D eigenvalue weighted by Gasteiger charge is -2.09. The Kier molecular flexibility index (Phi) is 5.13. The molecule has 0 spiro atoms. The highest BCUT2D eigenvalue weighted by atomic mass is 19.1. The first-order valence-corrected chi connectivity index (χ1v) is 6.86. The molecule has 106 valence electrons. The van der Waals surface area contributed by atoms with Gasteiger partial charge in [-0.1, -0.05) is 42.8 Å². The predicted molar refractivity (Wildman–Crippen MR) is 79.3 cm³/mol. The van der Waals surface area contributed by atoms with Gasteiger partial charge in [0, 0.05) is 6.54 Å². The Balaban J connectivity index is 1.99. The number of halogens is 1. The smallest absolute Gasteiger partial charge is 0.165 e. The van der Waals surface area contributed by atoms with Crippen LogP contribution in [0.4, 0.5) is 4.39 Å². The molecular weight excluding hydrogens is 253 g/mol. The minimum atomic E-state index is -0.312. The van der Waals surface area contributed by atoms with Crippen LogP contribution in [0.2, 0.25) is 0 Å². The summed E-state index contributed by atoms with van der Waals surface area (Å²) >= 11 is 0. The fourth-order valence-corrected chi connectivity index (χ4v) is 2.00. The van der Waals surface area contributed by atoms with Gasteiger partial charge in [-0.2, -0.15) is 0 Å². The molecule has 0 unspecified atom stereocenters. The maximum atomic E-state index is 13.9. The normalized spacial score (nSPS) is 10.6.